The van der Waals surface area contributed by atoms with Gasteiger partial charge in [-0.25, -0.2) is 8.78 Å². The van der Waals surface area contributed by atoms with E-state index in [2.05, 4.69) is 5.32 Å². The SMILES string of the molecule is CC.Cc1ccc(Nc2cc(F)ccc2C(=O)N2CC(=O)C2)c(F)c1. The molecular weight excluding hydrogens is 326 g/mol. The molecule has 6 heteroatoms. The molecule has 0 aromatic heterocycles. The number of carbonyl (C=O) groups is 2. The first-order valence-corrected chi connectivity index (χ1v) is 8.08. The summed E-state index contributed by atoms with van der Waals surface area (Å²) in [4.78, 5) is 24.7. The van der Waals surface area contributed by atoms with E-state index in [-0.39, 0.29) is 41.7 Å². The topological polar surface area (TPSA) is 49.4 Å². The first kappa shape index (κ1) is 18.6. The molecule has 0 radical (unpaired) electrons. The Morgan fingerprint density at radius 3 is 2.32 bits per heavy atom. The molecule has 4 nitrogen and oxygen atoms in total. The molecule has 0 spiro atoms. The molecule has 0 bridgehead atoms. The Labute approximate surface area is 145 Å². The van der Waals surface area contributed by atoms with Gasteiger partial charge in [-0.1, -0.05) is 19.9 Å². The Morgan fingerprint density at radius 1 is 1.04 bits per heavy atom. The molecular formula is C19H20F2N2O2. The van der Waals surface area contributed by atoms with E-state index < -0.39 is 11.6 Å². The number of carbonyl (C=O) groups excluding carboxylic acids is 2. The maximum absolute atomic E-state index is 14.0. The lowest BCUT2D eigenvalue weighted by Crippen LogP contribution is -2.50. The molecule has 25 heavy (non-hydrogen) atoms. The summed E-state index contributed by atoms with van der Waals surface area (Å²) in [5, 5.41) is 2.76. The highest BCUT2D eigenvalue weighted by Gasteiger charge is 2.30. The minimum atomic E-state index is -0.545. The van der Waals surface area contributed by atoms with Gasteiger partial charge in [0.25, 0.3) is 5.91 Å². The second kappa shape index (κ2) is 7.88. The summed E-state index contributed by atoms with van der Waals surface area (Å²) in [7, 11) is 0. The lowest BCUT2D eigenvalue weighted by Gasteiger charge is -2.30. The lowest BCUT2D eigenvalue weighted by molar-refractivity contribution is -0.127. The van der Waals surface area contributed by atoms with Gasteiger partial charge in [0.15, 0.2) is 5.78 Å². The van der Waals surface area contributed by atoms with Crippen LogP contribution in [0.1, 0.15) is 29.8 Å². The molecule has 1 fully saturated rings. The lowest BCUT2D eigenvalue weighted by atomic mass is 10.1. The van der Waals surface area contributed by atoms with Gasteiger partial charge < -0.3 is 10.2 Å². The van der Waals surface area contributed by atoms with Crippen LogP contribution in [-0.2, 0) is 4.79 Å². The standard InChI is InChI=1S/C17H14F2N2O2.C2H6/c1-10-2-5-15(14(19)6-10)20-16-7-11(18)3-4-13(16)17(23)21-8-12(22)9-21;1-2/h2-7,20H,8-9H2,1H3;1-2H3. The second-order valence-corrected chi connectivity index (χ2v) is 5.50. The number of Topliss-reactive ketones (excluding diaryl/α,β-unsaturated/α-hetero) is 1. The van der Waals surface area contributed by atoms with E-state index in [9.17, 15) is 18.4 Å². The van der Waals surface area contributed by atoms with Gasteiger partial charge in [0.1, 0.15) is 11.6 Å². The van der Waals surface area contributed by atoms with Crippen molar-refractivity contribution >= 4 is 23.1 Å². The van der Waals surface area contributed by atoms with Gasteiger partial charge >= 0.3 is 0 Å². The van der Waals surface area contributed by atoms with E-state index in [1.807, 2.05) is 13.8 Å². The number of rotatable bonds is 3. The fraction of sp³-hybridized carbons (Fsp3) is 0.263. The van der Waals surface area contributed by atoms with Gasteiger partial charge in [0, 0.05) is 0 Å². The van der Waals surface area contributed by atoms with Gasteiger partial charge in [-0.05, 0) is 42.8 Å². The van der Waals surface area contributed by atoms with Crippen LogP contribution < -0.4 is 5.32 Å². The predicted octanol–water partition coefficient (Wildman–Crippen LogP) is 4.07. The molecule has 0 unspecified atom stereocenters. The van der Waals surface area contributed by atoms with Crippen LogP contribution in [-0.4, -0.2) is 29.7 Å². The summed E-state index contributed by atoms with van der Waals surface area (Å²) in [6, 6.07) is 8.20. The number of hydrogen-bond donors (Lipinski definition) is 1. The Bertz CT molecular complexity index is 798. The molecule has 2 aromatic carbocycles. The number of benzene rings is 2. The number of ketones is 1. The predicted molar refractivity (Wildman–Crippen MR) is 93.1 cm³/mol. The van der Waals surface area contributed by atoms with Crippen molar-refractivity contribution in [1.82, 2.24) is 4.90 Å². The van der Waals surface area contributed by atoms with Crippen LogP contribution in [0.4, 0.5) is 20.2 Å². The molecule has 0 aliphatic carbocycles. The third kappa shape index (κ3) is 4.21. The van der Waals surface area contributed by atoms with Crippen LogP contribution in [0, 0.1) is 18.6 Å². The van der Waals surface area contributed by atoms with Crippen molar-refractivity contribution in [3.63, 3.8) is 0 Å². The van der Waals surface area contributed by atoms with Crippen LogP contribution in [0.25, 0.3) is 0 Å². The largest absolute Gasteiger partial charge is 0.352 e. The Kier molecular flexibility index (Phi) is 5.85. The number of aryl methyl sites for hydroxylation is 1. The molecule has 1 saturated heterocycles. The van der Waals surface area contributed by atoms with Gasteiger partial charge in [-0.15, -0.1) is 0 Å². The first-order valence-electron chi connectivity index (χ1n) is 8.08. The third-order valence-electron chi connectivity index (χ3n) is 3.63. The molecule has 0 atom stereocenters. The monoisotopic (exact) mass is 346 g/mol. The van der Waals surface area contributed by atoms with Gasteiger partial charge in [0.2, 0.25) is 0 Å². The van der Waals surface area contributed by atoms with Crippen molar-refractivity contribution in [2.45, 2.75) is 20.8 Å². The number of anilines is 2. The van der Waals surface area contributed by atoms with Crippen LogP contribution >= 0.6 is 0 Å². The number of hydrogen-bond acceptors (Lipinski definition) is 3. The molecule has 0 saturated carbocycles. The van der Waals surface area contributed by atoms with E-state index in [0.29, 0.717) is 0 Å². The van der Waals surface area contributed by atoms with Crippen molar-refractivity contribution in [2.24, 2.45) is 0 Å². The second-order valence-electron chi connectivity index (χ2n) is 5.50. The van der Waals surface area contributed by atoms with Crippen LogP contribution in [0.2, 0.25) is 0 Å². The summed E-state index contributed by atoms with van der Waals surface area (Å²) in [5.41, 5.74) is 1.26. The average molecular weight is 346 g/mol. The number of halogens is 2. The van der Waals surface area contributed by atoms with Gasteiger partial charge in [-0.3, -0.25) is 9.59 Å². The fourth-order valence-corrected chi connectivity index (χ4v) is 2.37. The zero-order chi connectivity index (χ0) is 18.6. The normalized spacial score (nSPS) is 12.8. The Hall–Kier alpha value is -2.76. The third-order valence-corrected chi connectivity index (χ3v) is 3.63. The summed E-state index contributed by atoms with van der Waals surface area (Å²) < 4.78 is 27.5. The zero-order valence-corrected chi connectivity index (χ0v) is 14.4. The molecule has 2 aromatic rings. The number of likely N-dealkylation sites (tertiary alicyclic amines) is 1. The van der Waals surface area contributed by atoms with E-state index in [1.54, 1.807) is 13.0 Å². The van der Waals surface area contributed by atoms with Crippen molar-refractivity contribution in [1.29, 1.82) is 0 Å². The minimum Gasteiger partial charge on any atom is -0.352 e. The molecule has 132 valence electrons. The molecule has 3 rings (SSSR count). The minimum absolute atomic E-state index is 0.0282. The van der Waals surface area contributed by atoms with Crippen molar-refractivity contribution in [3.05, 3.63) is 59.2 Å². The van der Waals surface area contributed by atoms with E-state index >= 15 is 0 Å². The highest BCUT2D eigenvalue weighted by atomic mass is 19.1. The zero-order valence-electron chi connectivity index (χ0n) is 14.4. The summed E-state index contributed by atoms with van der Waals surface area (Å²) in [6.45, 7) is 5.86. The summed E-state index contributed by atoms with van der Waals surface area (Å²) in [6.07, 6.45) is 0. The molecule has 1 aliphatic rings. The summed E-state index contributed by atoms with van der Waals surface area (Å²) >= 11 is 0. The van der Waals surface area contributed by atoms with Crippen LogP contribution in [0.15, 0.2) is 36.4 Å². The van der Waals surface area contributed by atoms with Crippen LogP contribution in [0.5, 0.6) is 0 Å². The molecule has 1 heterocycles. The Morgan fingerprint density at radius 2 is 1.72 bits per heavy atom. The van der Waals surface area contributed by atoms with E-state index in [0.717, 1.165) is 17.7 Å². The molecule has 1 aliphatic heterocycles. The smallest absolute Gasteiger partial charge is 0.256 e. The van der Waals surface area contributed by atoms with E-state index in [1.165, 1.54) is 23.1 Å². The van der Waals surface area contributed by atoms with E-state index in [4.69, 9.17) is 0 Å². The van der Waals surface area contributed by atoms with Crippen molar-refractivity contribution in [2.75, 3.05) is 18.4 Å². The summed E-state index contributed by atoms with van der Waals surface area (Å²) in [5.74, 6) is -1.46. The quantitative estimate of drug-likeness (QED) is 0.911. The average Bonchev–Trinajstić information content (AvgIpc) is 2.56. The van der Waals surface area contributed by atoms with Crippen molar-refractivity contribution < 1.29 is 18.4 Å². The fourth-order valence-electron chi connectivity index (χ4n) is 2.37. The number of nitrogens with one attached hydrogen (secondary N) is 1. The number of amides is 1. The maximum Gasteiger partial charge on any atom is 0.256 e. The Balaban J connectivity index is 0.00000109. The number of nitrogens with zero attached hydrogens (tertiary/aromatic N) is 1. The highest BCUT2D eigenvalue weighted by Crippen LogP contribution is 2.26. The van der Waals surface area contributed by atoms with Gasteiger partial charge in [-0.2, -0.15) is 0 Å². The van der Waals surface area contributed by atoms with Crippen LogP contribution in [0.3, 0.4) is 0 Å². The highest BCUT2D eigenvalue weighted by molar-refractivity contribution is 6.06. The van der Waals surface area contributed by atoms with Crippen molar-refractivity contribution in [3.8, 4) is 0 Å². The first-order chi connectivity index (χ1) is 11.9. The van der Waals surface area contributed by atoms with Gasteiger partial charge in [0.05, 0.1) is 30.0 Å². The molecule has 1 amide bonds. The molecule has 1 N–H and O–H groups in total. The maximum atomic E-state index is 14.0.